The van der Waals surface area contributed by atoms with Gasteiger partial charge < -0.3 is 5.32 Å². The molecule has 4 rings (SSSR count). The number of nitrogens with one attached hydrogen (secondary N) is 1. The van der Waals surface area contributed by atoms with Gasteiger partial charge in [0.2, 0.25) is 0 Å². The van der Waals surface area contributed by atoms with Gasteiger partial charge in [-0.2, -0.15) is 0 Å². The van der Waals surface area contributed by atoms with Gasteiger partial charge in [0.05, 0.1) is 0 Å². The summed E-state index contributed by atoms with van der Waals surface area (Å²) in [5, 5.41) is 3.96. The van der Waals surface area contributed by atoms with E-state index in [0.29, 0.717) is 12.1 Å². The van der Waals surface area contributed by atoms with Crippen LogP contribution in [0.4, 0.5) is 0 Å². The molecule has 0 spiro atoms. The third kappa shape index (κ3) is 2.92. The molecule has 0 unspecified atom stereocenters. The Labute approximate surface area is 125 Å². The molecule has 0 aromatic carbocycles. The second kappa shape index (κ2) is 5.96. The van der Waals surface area contributed by atoms with Gasteiger partial charge in [0.15, 0.2) is 0 Å². The normalized spacial score (nSPS) is 39.5. The molecule has 1 N–H and O–H groups in total. The molecule has 0 atom stereocenters. The van der Waals surface area contributed by atoms with Crippen LogP contribution in [-0.2, 0) is 0 Å². The molecular formula is C18H34N2. The molecule has 0 saturated heterocycles. The van der Waals surface area contributed by atoms with Gasteiger partial charge in [-0.25, -0.2) is 0 Å². The number of nitrogens with zero attached hydrogens (tertiary/aromatic N) is 1. The van der Waals surface area contributed by atoms with Crippen LogP contribution in [-0.4, -0.2) is 36.1 Å². The fourth-order valence-corrected chi connectivity index (χ4v) is 5.73. The SMILES string of the molecule is CC(C)N(CCNC1C2CC3CC(C2)CC1C3)C(C)C. The monoisotopic (exact) mass is 278 g/mol. The van der Waals surface area contributed by atoms with Crippen LogP contribution in [0.3, 0.4) is 0 Å². The molecule has 0 heterocycles. The first-order valence-electron chi connectivity index (χ1n) is 9.03. The van der Waals surface area contributed by atoms with E-state index >= 15 is 0 Å². The van der Waals surface area contributed by atoms with Crippen molar-refractivity contribution in [1.82, 2.24) is 10.2 Å². The topological polar surface area (TPSA) is 15.3 Å². The van der Waals surface area contributed by atoms with Gasteiger partial charge in [-0.3, -0.25) is 4.90 Å². The predicted molar refractivity (Wildman–Crippen MR) is 85.8 cm³/mol. The zero-order chi connectivity index (χ0) is 14.3. The lowest BCUT2D eigenvalue weighted by atomic mass is 9.54. The van der Waals surface area contributed by atoms with Crippen molar-refractivity contribution in [2.75, 3.05) is 13.1 Å². The standard InChI is InChI=1S/C18H34N2/c1-12(2)20(13(3)4)6-5-19-18-16-8-14-7-15(10-16)11-17(18)9-14/h12-19H,5-11H2,1-4H3. The highest BCUT2D eigenvalue weighted by atomic mass is 15.2. The molecule has 2 nitrogen and oxygen atoms in total. The van der Waals surface area contributed by atoms with E-state index in [-0.39, 0.29) is 0 Å². The molecule has 4 aliphatic carbocycles. The average Bonchev–Trinajstić information content (AvgIpc) is 2.35. The minimum absolute atomic E-state index is 0.662. The van der Waals surface area contributed by atoms with Crippen LogP contribution < -0.4 is 5.32 Å². The van der Waals surface area contributed by atoms with Gasteiger partial charge >= 0.3 is 0 Å². The summed E-state index contributed by atoms with van der Waals surface area (Å²) in [5.74, 6) is 4.22. The Morgan fingerprint density at radius 3 is 1.80 bits per heavy atom. The molecule has 4 bridgehead atoms. The number of rotatable bonds is 6. The highest BCUT2D eigenvalue weighted by molar-refractivity contribution is 5.01. The molecule has 116 valence electrons. The Kier molecular flexibility index (Phi) is 4.42. The maximum atomic E-state index is 3.96. The van der Waals surface area contributed by atoms with Crippen molar-refractivity contribution < 1.29 is 0 Å². The predicted octanol–water partition coefficient (Wildman–Crippen LogP) is 3.52. The van der Waals surface area contributed by atoms with Gasteiger partial charge in [-0.1, -0.05) is 0 Å². The van der Waals surface area contributed by atoms with Crippen molar-refractivity contribution in [2.24, 2.45) is 23.7 Å². The highest BCUT2D eigenvalue weighted by Gasteiger charge is 2.47. The number of hydrogen-bond acceptors (Lipinski definition) is 2. The summed E-state index contributed by atoms with van der Waals surface area (Å²) in [5.41, 5.74) is 0. The zero-order valence-electron chi connectivity index (χ0n) is 13.9. The van der Waals surface area contributed by atoms with Crippen molar-refractivity contribution in [3.05, 3.63) is 0 Å². The summed E-state index contributed by atoms with van der Waals surface area (Å²) in [6, 6.07) is 2.18. The van der Waals surface area contributed by atoms with Gasteiger partial charge in [0, 0.05) is 31.2 Å². The maximum Gasteiger partial charge on any atom is 0.0124 e. The highest BCUT2D eigenvalue weighted by Crippen LogP contribution is 2.53. The van der Waals surface area contributed by atoms with Gasteiger partial charge in [-0.05, 0) is 83.5 Å². The molecule has 4 aliphatic rings. The van der Waals surface area contributed by atoms with E-state index in [1.165, 1.54) is 38.8 Å². The fourth-order valence-electron chi connectivity index (χ4n) is 5.73. The van der Waals surface area contributed by atoms with E-state index in [4.69, 9.17) is 0 Å². The molecule has 2 heteroatoms. The number of hydrogen-bond donors (Lipinski definition) is 1. The summed E-state index contributed by atoms with van der Waals surface area (Å²) < 4.78 is 0. The molecule has 0 amide bonds. The van der Waals surface area contributed by atoms with Crippen molar-refractivity contribution in [3.8, 4) is 0 Å². The quantitative estimate of drug-likeness (QED) is 0.800. The summed E-state index contributed by atoms with van der Waals surface area (Å²) in [6.07, 6.45) is 7.69. The van der Waals surface area contributed by atoms with Crippen molar-refractivity contribution in [3.63, 3.8) is 0 Å². The maximum absolute atomic E-state index is 3.96. The Hall–Kier alpha value is -0.0800. The van der Waals surface area contributed by atoms with Crippen LogP contribution in [0.15, 0.2) is 0 Å². The van der Waals surface area contributed by atoms with E-state index in [9.17, 15) is 0 Å². The molecular weight excluding hydrogens is 244 g/mol. The van der Waals surface area contributed by atoms with Crippen LogP contribution >= 0.6 is 0 Å². The van der Waals surface area contributed by atoms with E-state index in [1.807, 2.05) is 0 Å². The Morgan fingerprint density at radius 2 is 1.35 bits per heavy atom. The molecule has 0 aromatic rings. The van der Waals surface area contributed by atoms with E-state index < -0.39 is 0 Å². The third-order valence-corrected chi connectivity index (χ3v) is 6.30. The lowest BCUT2D eigenvalue weighted by Crippen LogP contribution is -2.55. The van der Waals surface area contributed by atoms with Crippen molar-refractivity contribution >= 4 is 0 Å². The second-order valence-electron chi connectivity index (χ2n) is 8.34. The minimum atomic E-state index is 0.662. The van der Waals surface area contributed by atoms with Crippen LogP contribution in [0.25, 0.3) is 0 Å². The third-order valence-electron chi connectivity index (χ3n) is 6.30. The largest absolute Gasteiger partial charge is 0.312 e. The lowest BCUT2D eigenvalue weighted by molar-refractivity contribution is -0.0146. The molecule has 0 aliphatic heterocycles. The first-order valence-corrected chi connectivity index (χ1v) is 9.03. The van der Waals surface area contributed by atoms with Crippen LogP contribution in [0.2, 0.25) is 0 Å². The van der Waals surface area contributed by atoms with E-state index in [0.717, 1.165) is 29.7 Å². The first-order chi connectivity index (χ1) is 9.54. The summed E-state index contributed by atoms with van der Waals surface area (Å²) in [4.78, 5) is 2.61. The molecule has 4 fully saturated rings. The molecule has 4 saturated carbocycles. The Morgan fingerprint density at radius 1 is 0.850 bits per heavy atom. The van der Waals surface area contributed by atoms with Crippen LogP contribution in [0.5, 0.6) is 0 Å². The molecule has 0 aromatic heterocycles. The first kappa shape index (κ1) is 14.8. The van der Waals surface area contributed by atoms with Gasteiger partial charge in [0.25, 0.3) is 0 Å². The van der Waals surface area contributed by atoms with Crippen LogP contribution in [0.1, 0.15) is 59.8 Å². The Bertz CT molecular complexity index is 287. The van der Waals surface area contributed by atoms with Crippen molar-refractivity contribution in [2.45, 2.75) is 77.9 Å². The van der Waals surface area contributed by atoms with Gasteiger partial charge in [-0.15, -0.1) is 0 Å². The molecule has 0 radical (unpaired) electrons. The lowest BCUT2D eigenvalue weighted by Gasteiger charge is -2.54. The summed E-state index contributed by atoms with van der Waals surface area (Å²) in [7, 11) is 0. The zero-order valence-corrected chi connectivity index (χ0v) is 13.9. The van der Waals surface area contributed by atoms with E-state index in [2.05, 4.69) is 37.9 Å². The smallest absolute Gasteiger partial charge is 0.0124 e. The summed E-state index contributed by atoms with van der Waals surface area (Å²) >= 11 is 0. The second-order valence-corrected chi connectivity index (χ2v) is 8.34. The molecule has 20 heavy (non-hydrogen) atoms. The van der Waals surface area contributed by atoms with Crippen molar-refractivity contribution in [1.29, 1.82) is 0 Å². The van der Waals surface area contributed by atoms with Gasteiger partial charge in [0.1, 0.15) is 0 Å². The average molecular weight is 278 g/mol. The summed E-state index contributed by atoms with van der Waals surface area (Å²) in [6.45, 7) is 11.7. The minimum Gasteiger partial charge on any atom is -0.312 e. The fraction of sp³-hybridized carbons (Fsp3) is 1.00. The Balaban J connectivity index is 1.49. The van der Waals surface area contributed by atoms with Crippen LogP contribution in [0, 0.1) is 23.7 Å². The van der Waals surface area contributed by atoms with E-state index in [1.54, 1.807) is 6.42 Å².